The fourth-order valence-electron chi connectivity index (χ4n) is 2.60. The van der Waals surface area contributed by atoms with Gasteiger partial charge in [0.15, 0.2) is 0 Å². The summed E-state index contributed by atoms with van der Waals surface area (Å²) in [6.45, 7) is 3.45. The fourth-order valence-corrected chi connectivity index (χ4v) is 2.60. The van der Waals surface area contributed by atoms with Crippen molar-refractivity contribution in [2.45, 2.75) is 30.8 Å². The minimum Gasteiger partial charge on any atom is -0.379 e. The van der Waals surface area contributed by atoms with E-state index in [1.807, 2.05) is 0 Å². The molecule has 2 heterocycles. The van der Waals surface area contributed by atoms with Crippen LogP contribution in [0.4, 0.5) is 0 Å². The standard InChI is InChI=1S/C10H17N3O/c11-6-9(12)7-13-4-1-2-10(13)3-5-14-8-10/h9H,1-5,7-8,12H2. The van der Waals surface area contributed by atoms with Gasteiger partial charge in [0.2, 0.25) is 0 Å². The quantitative estimate of drug-likeness (QED) is 0.678. The van der Waals surface area contributed by atoms with Crippen molar-refractivity contribution in [3.63, 3.8) is 0 Å². The first-order chi connectivity index (χ1) is 6.77. The molecular weight excluding hydrogens is 178 g/mol. The Labute approximate surface area is 84.6 Å². The third kappa shape index (κ3) is 1.63. The van der Waals surface area contributed by atoms with Crippen molar-refractivity contribution in [1.29, 1.82) is 5.26 Å². The molecule has 2 saturated heterocycles. The van der Waals surface area contributed by atoms with Crippen LogP contribution in [0.25, 0.3) is 0 Å². The molecular formula is C10H17N3O. The van der Waals surface area contributed by atoms with Gasteiger partial charge in [-0.1, -0.05) is 0 Å². The topological polar surface area (TPSA) is 62.3 Å². The summed E-state index contributed by atoms with van der Waals surface area (Å²) in [5.41, 5.74) is 5.88. The normalized spacial score (nSPS) is 34.9. The molecule has 2 fully saturated rings. The van der Waals surface area contributed by atoms with Gasteiger partial charge in [0.1, 0.15) is 6.04 Å². The molecule has 2 unspecified atom stereocenters. The Hall–Kier alpha value is -0.630. The molecule has 78 valence electrons. The number of ether oxygens (including phenoxy) is 1. The summed E-state index contributed by atoms with van der Waals surface area (Å²) < 4.78 is 5.46. The molecule has 0 aromatic rings. The lowest BCUT2D eigenvalue weighted by atomic mass is 9.95. The van der Waals surface area contributed by atoms with Gasteiger partial charge < -0.3 is 10.5 Å². The van der Waals surface area contributed by atoms with Crippen LogP contribution in [0.1, 0.15) is 19.3 Å². The Morgan fingerprint density at radius 1 is 1.57 bits per heavy atom. The molecule has 2 aliphatic rings. The highest BCUT2D eigenvalue weighted by molar-refractivity contribution is 5.01. The van der Waals surface area contributed by atoms with Crippen LogP contribution < -0.4 is 5.73 Å². The van der Waals surface area contributed by atoms with E-state index < -0.39 is 0 Å². The van der Waals surface area contributed by atoms with Crippen LogP contribution in [0.15, 0.2) is 0 Å². The number of nitrogens with zero attached hydrogens (tertiary/aromatic N) is 2. The fraction of sp³-hybridized carbons (Fsp3) is 0.900. The average molecular weight is 195 g/mol. The smallest absolute Gasteiger partial charge is 0.106 e. The van der Waals surface area contributed by atoms with Gasteiger partial charge in [0, 0.05) is 18.7 Å². The van der Waals surface area contributed by atoms with Gasteiger partial charge in [0.25, 0.3) is 0 Å². The first kappa shape index (κ1) is 9.91. The second kappa shape index (κ2) is 3.85. The second-order valence-corrected chi connectivity index (χ2v) is 4.31. The average Bonchev–Trinajstić information content (AvgIpc) is 2.79. The van der Waals surface area contributed by atoms with Gasteiger partial charge in [-0.3, -0.25) is 4.90 Å². The van der Waals surface area contributed by atoms with Crippen LogP contribution in [0.2, 0.25) is 0 Å². The summed E-state index contributed by atoms with van der Waals surface area (Å²) in [5.74, 6) is 0. The van der Waals surface area contributed by atoms with E-state index in [4.69, 9.17) is 15.7 Å². The monoisotopic (exact) mass is 195 g/mol. The third-order valence-electron chi connectivity index (χ3n) is 3.41. The highest BCUT2D eigenvalue weighted by Crippen LogP contribution is 2.36. The lowest BCUT2D eigenvalue weighted by Gasteiger charge is -2.34. The Morgan fingerprint density at radius 2 is 2.43 bits per heavy atom. The molecule has 2 N–H and O–H groups in total. The molecule has 0 saturated carbocycles. The molecule has 2 rings (SSSR count). The van der Waals surface area contributed by atoms with Gasteiger partial charge in [-0.2, -0.15) is 5.26 Å². The maximum Gasteiger partial charge on any atom is 0.106 e. The van der Waals surface area contributed by atoms with Crippen molar-refractivity contribution in [3.8, 4) is 6.07 Å². The summed E-state index contributed by atoms with van der Waals surface area (Å²) in [5, 5.41) is 8.69. The largest absolute Gasteiger partial charge is 0.379 e. The number of likely N-dealkylation sites (tertiary alicyclic amines) is 1. The van der Waals surface area contributed by atoms with Crippen LogP contribution in [0.5, 0.6) is 0 Å². The maximum absolute atomic E-state index is 8.69. The van der Waals surface area contributed by atoms with E-state index in [1.54, 1.807) is 0 Å². The van der Waals surface area contributed by atoms with Crippen LogP contribution in [-0.4, -0.2) is 42.8 Å². The highest BCUT2D eigenvalue weighted by Gasteiger charge is 2.44. The summed E-state index contributed by atoms with van der Waals surface area (Å²) >= 11 is 0. The molecule has 4 nitrogen and oxygen atoms in total. The molecule has 0 aromatic heterocycles. The van der Waals surface area contributed by atoms with Crippen LogP contribution in [-0.2, 0) is 4.74 Å². The number of nitrogens with two attached hydrogens (primary N) is 1. The van der Waals surface area contributed by atoms with Crippen LogP contribution in [0.3, 0.4) is 0 Å². The number of nitriles is 1. The van der Waals surface area contributed by atoms with Crippen LogP contribution >= 0.6 is 0 Å². The van der Waals surface area contributed by atoms with Gasteiger partial charge in [0.05, 0.1) is 12.7 Å². The predicted octanol–water partition coefficient (Wildman–Crippen LogP) is 0.0922. The minimum atomic E-state index is -0.356. The molecule has 0 aromatic carbocycles. The summed E-state index contributed by atoms with van der Waals surface area (Å²) in [6.07, 6.45) is 3.51. The zero-order valence-electron chi connectivity index (χ0n) is 8.41. The van der Waals surface area contributed by atoms with Crippen LogP contribution in [0, 0.1) is 11.3 Å². The maximum atomic E-state index is 8.69. The zero-order chi connectivity index (χ0) is 10.0. The molecule has 0 amide bonds. The Morgan fingerprint density at radius 3 is 3.07 bits per heavy atom. The molecule has 0 radical (unpaired) electrons. The van der Waals surface area contributed by atoms with Gasteiger partial charge in [-0.05, 0) is 25.8 Å². The SMILES string of the molecule is N#CC(N)CN1CCCC12CCOC2. The van der Waals surface area contributed by atoms with Gasteiger partial charge >= 0.3 is 0 Å². The van der Waals surface area contributed by atoms with Gasteiger partial charge in [-0.25, -0.2) is 0 Å². The molecule has 4 heteroatoms. The Bertz CT molecular complexity index is 237. The van der Waals surface area contributed by atoms with E-state index in [0.29, 0.717) is 6.54 Å². The predicted molar refractivity (Wildman–Crippen MR) is 52.6 cm³/mol. The van der Waals surface area contributed by atoms with Gasteiger partial charge in [-0.15, -0.1) is 0 Å². The van der Waals surface area contributed by atoms with E-state index >= 15 is 0 Å². The molecule has 2 aliphatic heterocycles. The number of rotatable bonds is 2. The lowest BCUT2D eigenvalue weighted by molar-refractivity contribution is 0.100. The van der Waals surface area contributed by atoms with E-state index in [1.165, 1.54) is 12.8 Å². The van der Waals surface area contributed by atoms with E-state index in [0.717, 1.165) is 26.2 Å². The summed E-state index contributed by atoms with van der Waals surface area (Å²) in [7, 11) is 0. The molecule has 2 atom stereocenters. The van der Waals surface area contributed by atoms with E-state index in [9.17, 15) is 0 Å². The van der Waals surface area contributed by atoms with Crippen molar-refractivity contribution in [2.24, 2.45) is 5.73 Å². The van der Waals surface area contributed by atoms with Crippen molar-refractivity contribution in [3.05, 3.63) is 0 Å². The van der Waals surface area contributed by atoms with E-state index in [-0.39, 0.29) is 11.6 Å². The minimum absolute atomic E-state index is 0.217. The number of hydrogen-bond acceptors (Lipinski definition) is 4. The van der Waals surface area contributed by atoms with Crippen molar-refractivity contribution in [2.75, 3.05) is 26.3 Å². The third-order valence-corrected chi connectivity index (χ3v) is 3.41. The highest BCUT2D eigenvalue weighted by atomic mass is 16.5. The zero-order valence-corrected chi connectivity index (χ0v) is 8.41. The first-order valence-corrected chi connectivity index (χ1v) is 5.25. The van der Waals surface area contributed by atoms with Crippen molar-refractivity contribution in [1.82, 2.24) is 4.90 Å². The lowest BCUT2D eigenvalue weighted by Crippen LogP contribution is -2.49. The first-order valence-electron chi connectivity index (χ1n) is 5.25. The Kier molecular flexibility index (Phi) is 2.73. The van der Waals surface area contributed by atoms with Crippen molar-refractivity contribution >= 4 is 0 Å². The van der Waals surface area contributed by atoms with Crippen molar-refractivity contribution < 1.29 is 4.74 Å². The molecule has 1 spiro atoms. The van der Waals surface area contributed by atoms with E-state index in [2.05, 4.69) is 11.0 Å². The molecule has 0 aliphatic carbocycles. The molecule has 0 bridgehead atoms. The second-order valence-electron chi connectivity index (χ2n) is 4.31. The Balaban J connectivity index is 2.00. The number of hydrogen-bond donors (Lipinski definition) is 1. The summed E-state index contributed by atoms with van der Waals surface area (Å²) in [4.78, 5) is 2.36. The summed E-state index contributed by atoms with van der Waals surface area (Å²) in [6, 6.07) is 1.74. The molecule has 14 heavy (non-hydrogen) atoms.